The summed E-state index contributed by atoms with van der Waals surface area (Å²) in [4.78, 5) is 13.4. The highest BCUT2D eigenvalue weighted by molar-refractivity contribution is 6.30. The third-order valence-corrected chi connectivity index (χ3v) is 4.26. The minimum Gasteiger partial charge on any atom is -0.365 e. The van der Waals surface area contributed by atoms with Gasteiger partial charge in [-0.3, -0.25) is 9.38 Å². The van der Waals surface area contributed by atoms with Crippen LogP contribution in [0, 0.1) is 0 Å². The fourth-order valence-electron chi connectivity index (χ4n) is 2.89. The highest BCUT2D eigenvalue weighted by Crippen LogP contribution is 2.21. The lowest BCUT2D eigenvalue weighted by Gasteiger charge is -2.24. The highest BCUT2D eigenvalue weighted by Gasteiger charge is 2.14. The molecule has 23 heavy (non-hydrogen) atoms. The van der Waals surface area contributed by atoms with E-state index in [0.717, 1.165) is 42.4 Å². The number of hydrogen-bond acceptors (Lipinski definition) is 5. The van der Waals surface area contributed by atoms with Gasteiger partial charge in [-0.1, -0.05) is 11.6 Å². The molecule has 3 aromatic heterocycles. The Kier molecular flexibility index (Phi) is 3.85. The molecule has 1 saturated heterocycles. The number of anilines is 1. The van der Waals surface area contributed by atoms with Gasteiger partial charge in [-0.05, 0) is 25.5 Å². The molecule has 1 atom stereocenters. The molecule has 1 aliphatic rings. The summed E-state index contributed by atoms with van der Waals surface area (Å²) >= 11 is 6.01. The van der Waals surface area contributed by atoms with Crippen molar-refractivity contribution in [2.75, 3.05) is 18.4 Å². The van der Waals surface area contributed by atoms with Gasteiger partial charge >= 0.3 is 0 Å². The van der Waals surface area contributed by atoms with Crippen molar-refractivity contribution in [1.82, 2.24) is 24.7 Å². The van der Waals surface area contributed by atoms with Crippen LogP contribution in [0.1, 0.15) is 12.8 Å². The number of nitrogens with one attached hydrogen (secondary N) is 2. The van der Waals surface area contributed by atoms with E-state index in [2.05, 4.69) is 25.6 Å². The first-order valence-corrected chi connectivity index (χ1v) is 8.10. The van der Waals surface area contributed by atoms with E-state index in [4.69, 9.17) is 11.6 Å². The third-order valence-electron chi connectivity index (χ3n) is 4.02. The van der Waals surface area contributed by atoms with Crippen LogP contribution in [0.15, 0.2) is 36.9 Å². The van der Waals surface area contributed by atoms with Crippen molar-refractivity contribution in [2.24, 2.45) is 0 Å². The van der Waals surface area contributed by atoms with Crippen LogP contribution in [-0.2, 0) is 0 Å². The predicted molar refractivity (Wildman–Crippen MR) is 90.7 cm³/mol. The van der Waals surface area contributed by atoms with Gasteiger partial charge in [0.15, 0.2) is 0 Å². The quantitative estimate of drug-likeness (QED) is 0.773. The van der Waals surface area contributed by atoms with Crippen LogP contribution in [0.25, 0.3) is 17.0 Å². The van der Waals surface area contributed by atoms with Crippen molar-refractivity contribution in [3.05, 3.63) is 41.9 Å². The van der Waals surface area contributed by atoms with Crippen LogP contribution >= 0.6 is 11.6 Å². The Morgan fingerprint density at radius 3 is 3.13 bits per heavy atom. The van der Waals surface area contributed by atoms with Crippen molar-refractivity contribution in [2.45, 2.75) is 18.9 Å². The molecule has 0 radical (unpaired) electrons. The van der Waals surface area contributed by atoms with Crippen molar-refractivity contribution >= 4 is 23.1 Å². The Hall–Kier alpha value is -2.18. The second-order valence-corrected chi connectivity index (χ2v) is 6.13. The lowest BCUT2D eigenvalue weighted by molar-refractivity contribution is 0.479. The lowest BCUT2D eigenvalue weighted by Crippen LogP contribution is -2.38. The maximum Gasteiger partial charge on any atom is 0.145 e. The number of piperidine rings is 1. The molecule has 2 N–H and O–H groups in total. The minimum atomic E-state index is 0.397. The van der Waals surface area contributed by atoms with Crippen LogP contribution < -0.4 is 10.6 Å². The van der Waals surface area contributed by atoms with Crippen LogP contribution in [0.4, 0.5) is 5.82 Å². The molecule has 0 aromatic carbocycles. The highest BCUT2D eigenvalue weighted by atomic mass is 35.5. The van der Waals surface area contributed by atoms with Gasteiger partial charge in [-0.15, -0.1) is 0 Å². The topological polar surface area (TPSA) is 67.1 Å². The number of nitrogens with zero attached hydrogens (tertiary/aromatic N) is 4. The Bertz CT molecular complexity index is 824. The van der Waals surface area contributed by atoms with Crippen molar-refractivity contribution in [1.29, 1.82) is 0 Å². The lowest BCUT2D eigenvalue weighted by atomic mass is 10.1. The molecule has 118 valence electrons. The summed E-state index contributed by atoms with van der Waals surface area (Å²) in [7, 11) is 0. The Morgan fingerprint density at radius 2 is 2.26 bits per heavy atom. The van der Waals surface area contributed by atoms with E-state index in [1.165, 1.54) is 6.42 Å². The largest absolute Gasteiger partial charge is 0.365 e. The first kappa shape index (κ1) is 14.4. The molecule has 4 rings (SSSR count). The van der Waals surface area contributed by atoms with E-state index >= 15 is 0 Å². The monoisotopic (exact) mass is 328 g/mol. The van der Waals surface area contributed by atoms with Gasteiger partial charge in [0.2, 0.25) is 0 Å². The summed E-state index contributed by atoms with van der Waals surface area (Å²) in [5.41, 5.74) is 2.48. The Morgan fingerprint density at radius 1 is 1.30 bits per heavy atom. The molecule has 1 unspecified atom stereocenters. The number of imidazole rings is 1. The maximum absolute atomic E-state index is 6.01. The summed E-state index contributed by atoms with van der Waals surface area (Å²) in [6.45, 7) is 2.05. The number of halogens is 1. The molecule has 3 aromatic rings. The fourth-order valence-corrected chi connectivity index (χ4v) is 3.04. The predicted octanol–water partition coefficient (Wildman–Crippen LogP) is 2.61. The van der Waals surface area contributed by atoms with Gasteiger partial charge in [0.05, 0.1) is 24.3 Å². The molecule has 1 aliphatic heterocycles. The number of fused-ring (bicyclic) bond motifs is 1. The van der Waals surface area contributed by atoms with Crippen LogP contribution in [-0.4, -0.2) is 38.5 Å². The Balaban J connectivity index is 1.64. The first-order valence-electron chi connectivity index (χ1n) is 7.72. The molecule has 7 heteroatoms. The summed E-state index contributed by atoms with van der Waals surface area (Å²) in [5.74, 6) is 0.792. The second-order valence-electron chi connectivity index (χ2n) is 5.69. The van der Waals surface area contributed by atoms with Gasteiger partial charge in [0, 0.05) is 29.9 Å². The van der Waals surface area contributed by atoms with E-state index in [9.17, 15) is 0 Å². The molecule has 1 fully saturated rings. The third kappa shape index (κ3) is 3.00. The van der Waals surface area contributed by atoms with Gasteiger partial charge in [-0.25, -0.2) is 9.97 Å². The van der Waals surface area contributed by atoms with E-state index in [-0.39, 0.29) is 0 Å². The zero-order chi connectivity index (χ0) is 15.6. The number of rotatable bonds is 3. The smallest absolute Gasteiger partial charge is 0.145 e. The fraction of sp³-hybridized carbons (Fsp3) is 0.312. The van der Waals surface area contributed by atoms with Crippen molar-refractivity contribution < 1.29 is 0 Å². The van der Waals surface area contributed by atoms with Gasteiger partial charge < -0.3 is 10.6 Å². The molecular weight excluding hydrogens is 312 g/mol. The van der Waals surface area contributed by atoms with E-state index in [0.29, 0.717) is 11.1 Å². The number of aromatic nitrogens is 4. The normalized spacial score (nSPS) is 18.2. The molecule has 6 nitrogen and oxygen atoms in total. The second kappa shape index (κ2) is 6.14. The average molecular weight is 329 g/mol. The SMILES string of the molecule is Clc1ccn2c(-c3cncc(NC4CCCNC4)n3)cnc2c1. The summed E-state index contributed by atoms with van der Waals surface area (Å²) in [5, 5.41) is 7.51. The number of pyridine rings is 1. The van der Waals surface area contributed by atoms with Crippen LogP contribution in [0.5, 0.6) is 0 Å². The van der Waals surface area contributed by atoms with Crippen molar-refractivity contribution in [3.63, 3.8) is 0 Å². The Labute approximate surface area is 138 Å². The zero-order valence-electron chi connectivity index (χ0n) is 12.5. The molecule has 0 bridgehead atoms. The molecule has 0 aliphatic carbocycles. The zero-order valence-corrected chi connectivity index (χ0v) is 13.3. The average Bonchev–Trinajstić information content (AvgIpc) is 2.99. The van der Waals surface area contributed by atoms with Crippen LogP contribution in [0.2, 0.25) is 5.02 Å². The number of hydrogen-bond donors (Lipinski definition) is 2. The van der Waals surface area contributed by atoms with E-state index in [1.54, 1.807) is 18.6 Å². The molecular formula is C16H17ClN6. The first-order chi connectivity index (χ1) is 11.3. The summed E-state index contributed by atoms with van der Waals surface area (Å²) in [6, 6.07) is 4.06. The molecule has 0 saturated carbocycles. The summed E-state index contributed by atoms with van der Waals surface area (Å²) < 4.78 is 1.96. The van der Waals surface area contributed by atoms with Crippen molar-refractivity contribution in [3.8, 4) is 11.4 Å². The molecule has 0 amide bonds. The summed E-state index contributed by atoms with van der Waals surface area (Å²) in [6.07, 6.45) is 9.53. The van der Waals surface area contributed by atoms with Gasteiger partial charge in [0.1, 0.15) is 17.2 Å². The van der Waals surface area contributed by atoms with E-state index < -0.39 is 0 Å². The van der Waals surface area contributed by atoms with Crippen LogP contribution in [0.3, 0.4) is 0 Å². The van der Waals surface area contributed by atoms with E-state index in [1.807, 2.05) is 22.7 Å². The molecule has 0 spiro atoms. The van der Waals surface area contributed by atoms with Gasteiger partial charge in [-0.2, -0.15) is 0 Å². The maximum atomic E-state index is 6.01. The van der Waals surface area contributed by atoms with Gasteiger partial charge in [0.25, 0.3) is 0 Å². The standard InChI is InChI=1S/C16H17ClN6/c17-11-3-5-23-14(9-20-16(23)6-11)13-8-19-10-15(22-13)21-12-2-1-4-18-7-12/h3,5-6,8-10,12,18H,1-2,4,7H2,(H,21,22). The molecule has 4 heterocycles. The minimum absolute atomic E-state index is 0.397.